The molecule has 1 amide bonds. The largest absolute Gasteiger partial charge is 0.373 e. The summed E-state index contributed by atoms with van der Waals surface area (Å²) in [6, 6.07) is -0.345. The Labute approximate surface area is 141 Å². The molecule has 23 heavy (non-hydrogen) atoms. The number of carbonyl (C=O) groups is 1. The van der Waals surface area contributed by atoms with Gasteiger partial charge in [-0.25, -0.2) is 0 Å². The molecule has 2 N–H and O–H groups in total. The lowest BCUT2D eigenvalue weighted by molar-refractivity contribution is -0.135. The van der Waals surface area contributed by atoms with Gasteiger partial charge < -0.3 is 15.4 Å². The van der Waals surface area contributed by atoms with Crippen molar-refractivity contribution in [2.75, 3.05) is 32.7 Å². The molecule has 0 unspecified atom stereocenters. The average molecular weight is 325 g/mol. The fourth-order valence-corrected chi connectivity index (χ4v) is 3.77. The Bertz CT molecular complexity index is 370. The zero-order valence-electron chi connectivity index (χ0n) is 15.3. The van der Waals surface area contributed by atoms with Gasteiger partial charge in [0.15, 0.2) is 0 Å². The summed E-state index contributed by atoms with van der Waals surface area (Å²) >= 11 is 0. The molecule has 5 heteroatoms. The number of rotatable bonds is 5. The molecule has 0 aromatic heterocycles. The number of hydrogen-bond acceptors (Lipinski definition) is 4. The number of amides is 1. The van der Waals surface area contributed by atoms with Gasteiger partial charge in [0.25, 0.3) is 0 Å². The lowest BCUT2D eigenvalue weighted by Gasteiger charge is -2.38. The van der Waals surface area contributed by atoms with E-state index in [1.807, 2.05) is 18.7 Å². The van der Waals surface area contributed by atoms with E-state index >= 15 is 0 Å². The van der Waals surface area contributed by atoms with Gasteiger partial charge in [0.05, 0.1) is 18.2 Å². The number of ether oxygens (including phenoxy) is 1. The number of morpholine rings is 1. The molecule has 5 nitrogen and oxygen atoms in total. The van der Waals surface area contributed by atoms with Crippen LogP contribution < -0.4 is 5.73 Å². The van der Waals surface area contributed by atoms with Crippen molar-refractivity contribution in [1.29, 1.82) is 0 Å². The molecule has 2 saturated heterocycles. The van der Waals surface area contributed by atoms with Gasteiger partial charge in [0.1, 0.15) is 0 Å². The third kappa shape index (κ3) is 5.44. The quantitative estimate of drug-likeness (QED) is 0.836. The first-order valence-corrected chi connectivity index (χ1v) is 9.29. The molecule has 0 radical (unpaired) electrons. The van der Waals surface area contributed by atoms with Crippen molar-refractivity contribution in [1.82, 2.24) is 9.80 Å². The van der Waals surface area contributed by atoms with E-state index in [9.17, 15) is 4.79 Å². The summed E-state index contributed by atoms with van der Waals surface area (Å²) in [7, 11) is 0. The SMILES string of the molecule is CC(C)[C@H](N)C(=O)N1CCC(CCN2C[C@H](C)O[C@@H](C)C2)CC1. The van der Waals surface area contributed by atoms with E-state index < -0.39 is 0 Å². The summed E-state index contributed by atoms with van der Waals surface area (Å²) in [5.41, 5.74) is 6.00. The number of likely N-dealkylation sites (tertiary alicyclic amines) is 1. The standard InChI is InChI=1S/C18H35N3O2/c1-13(2)17(19)18(22)21-9-6-16(7-10-21)5-8-20-11-14(3)23-15(4)12-20/h13-17H,5-12,19H2,1-4H3/t14-,15-,17-/m0/s1. The van der Waals surface area contributed by atoms with Crippen molar-refractivity contribution in [2.45, 2.75) is 65.2 Å². The van der Waals surface area contributed by atoms with E-state index in [0.29, 0.717) is 12.2 Å². The molecule has 0 spiro atoms. The molecule has 2 aliphatic rings. The van der Waals surface area contributed by atoms with Gasteiger partial charge in [0.2, 0.25) is 5.91 Å². The van der Waals surface area contributed by atoms with Crippen molar-refractivity contribution in [2.24, 2.45) is 17.6 Å². The van der Waals surface area contributed by atoms with Crippen molar-refractivity contribution < 1.29 is 9.53 Å². The van der Waals surface area contributed by atoms with E-state index in [2.05, 4.69) is 18.7 Å². The van der Waals surface area contributed by atoms with Crippen molar-refractivity contribution in [3.63, 3.8) is 0 Å². The van der Waals surface area contributed by atoms with Gasteiger partial charge in [-0.3, -0.25) is 9.69 Å². The molecule has 0 aliphatic carbocycles. The average Bonchev–Trinajstić information content (AvgIpc) is 2.51. The Balaban J connectivity index is 1.69. The minimum Gasteiger partial charge on any atom is -0.373 e. The summed E-state index contributed by atoms with van der Waals surface area (Å²) in [5, 5.41) is 0. The van der Waals surface area contributed by atoms with Gasteiger partial charge in [-0.1, -0.05) is 13.8 Å². The number of nitrogens with two attached hydrogens (primary N) is 1. The highest BCUT2D eigenvalue weighted by Gasteiger charge is 2.28. The molecule has 2 fully saturated rings. The molecule has 3 atom stereocenters. The third-order valence-electron chi connectivity index (χ3n) is 5.28. The van der Waals surface area contributed by atoms with Crippen LogP contribution in [0.3, 0.4) is 0 Å². The summed E-state index contributed by atoms with van der Waals surface area (Å²) in [5.74, 6) is 1.09. The Morgan fingerprint density at radius 1 is 1.17 bits per heavy atom. The van der Waals surface area contributed by atoms with Crippen LogP contribution in [0.2, 0.25) is 0 Å². The Kier molecular flexibility index (Phi) is 6.86. The van der Waals surface area contributed by atoms with Crippen LogP contribution in [0.25, 0.3) is 0 Å². The third-order valence-corrected chi connectivity index (χ3v) is 5.28. The van der Waals surface area contributed by atoms with Crippen LogP contribution in [-0.4, -0.2) is 66.7 Å². The summed E-state index contributed by atoms with van der Waals surface area (Å²) in [6.45, 7) is 13.3. The lowest BCUT2D eigenvalue weighted by Crippen LogP contribution is -2.49. The van der Waals surface area contributed by atoms with Gasteiger partial charge in [-0.15, -0.1) is 0 Å². The van der Waals surface area contributed by atoms with Crippen LogP contribution in [-0.2, 0) is 9.53 Å². The predicted octanol–water partition coefficient (Wildman–Crippen LogP) is 1.71. The smallest absolute Gasteiger partial charge is 0.239 e. The molecule has 0 saturated carbocycles. The van der Waals surface area contributed by atoms with Gasteiger partial charge in [-0.05, 0) is 51.5 Å². The van der Waals surface area contributed by atoms with E-state index in [0.717, 1.165) is 51.5 Å². The maximum atomic E-state index is 12.3. The van der Waals surface area contributed by atoms with E-state index in [1.165, 1.54) is 6.42 Å². The van der Waals surface area contributed by atoms with Crippen molar-refractivity contribution in [3.05, 3.63) is 0 Å². The maximum Gasteiger partial charge on any atom is 0.239 e. The summed E-state index contributed by atoms with van der Waals surface area (Å²) in [6.07, 6.45) is 4.15. The van der Waals surface area contributed by atoms with Crippen LogP contribution in [0.1, 0.15) is 47.0 Å². The van der Waals surface area contributed by atoms with Crippen LogP contribution in [0.4, 0.5) is 0 Å². The van der Waals surface area contributed by atoms with Crippen molar-refractivity contribution in [3.8, 4) is 0 Å². The van der Waals surface area contributed by atoms with Crippen molar-refractivity contribution >= 4 is 5.91 Å². The van der Waals surface area contributed by atoms with E-state index in [4.69, 9.17) is 10.5 Å². The van der Waals surface area contributed by atoms with E-state index in [-0.39, 0.29) is 17.9 Å². The zero-order chi connectivity index (χ0) is 17.0. The fourth-order valence-electron chi connectivity index (χ4n) is 3.77. The van der Waals surface area contributed by atoms with Crippen LogP contribution in [0, 0.1) is 11.8 Å². The Morgan fingerprint density at radius 3 is 2.26 bits per heavy atom. The van der Waals surface area contributed by atoms with Gasteiger partial charge >= 0.3 is 0 Å². The Hall–Kier alpha value is -0.650. The number of nitrogens with zero attached hydrogens (tertiary/aromatic N) is 2. The molecule has 0 aromatic carbocycles. The second-order valence-corrected chi connectivity index (χ2v) is 7.84. The number of carbonyl (C=O) groups excluding carboxylic acids is 1. The Morgan fingerprint density at radius 2 is 1.74 bits per heavy atom. The normalized spacial score (nSPS) is 29.0. The van der Waals surface area contributed by atoms with E-state index in [1.54, 1.807) is 0 Å². The van der Waals surface area contributed by atoms with Crippen LogP contribution in [0.5, 0.6) is 0 Å². The molecule has 0 bridgehead atoms. The molecule has 2 heterocycles. The molecule has 2 aliphatic heterocycles. The first kappa shape index (κ1) is 18.7. The summed E-state index contributed by atoms with van der Waals surface area (Å²) in [4.78, 5) is 16.8. The van der Waals surface area contributed by atoms with Gasteiger partial charge in [-0.2, -0.15) is 0 Å². The highest BCUT2D eigenvalue weighted by Crippen LogP contribution is 2.22. The maximum absolute atomic E-state index is 12.3. The second-order valence-electron chi connectivity index (χ2n) is 7.84. The topological polar surface area (TPSA) is 58.8 Å². The fraction of sp³-hybridized carbons (Fsp3) is 0.944. The monoisotopic (exact) mass is 325 g/mol. The molecule has 0 aromatic rings. The van der Waals surface area contributed by atoms with Gasteiger partial charge in [0, 0.05) is 26.2 Å². The lowest BCUT2D eigenvalue weighted by atomic mass is 9.92. The highest BCUT2D eigenvalue weighted by atomic mass is 16.5. The molecule has 134 valence electrons. The molecule has 2 rings (SSSR count). The zero-order valence-corrected chi connectivity index (χ0v) is 15.3. The first-order chi connectivity index (χ1) is 10.9. The first-order valence-electron chi connectivity index (χ1n) is 9.29. The highest BCUT2D eigenvalue weighted by molar-refractivity contribution is 5.82. The summed E-state index contributed by atoms with van der Waals surface area (Å²) < 4.78 is 5.79. The minimum atomic E-state index is -0.345. The number of piperidine rings is 1. The molecular formula is C18H35N3O2. The molecular weight excluding hydrogens is 290 g/mol. The number of hydrogen-bond donors (Lipinski definition) is 1. The van der Waals surface area contributed by atoms with Crippen LogP contribution in [0.15, 0.2) is 0 Å². The second kappa shape index (κ2) is 8.45. The van der Waals surface area contributed by atoms with Crippen LogP contribution >= 0.6 is 0 Å². The minimum absolute atomic E-state index is 0.134. The predicted molar refractivity (Wildman–Crippen MR) is 93.2 cm³/mol.